The minimum absolute atomic E-state index is 1.23. The molecule has 1 rings (SSSR count). The average Bonchev–Trinajstić information content (AvgIpc) is 2.24. The average molecular weight is 192 g/mol. The van der Waals surface area contributed by atoms with E-state index in [4.69, 9.17) is 0 Å². The van der Waals surface area contributed by atoms with E-state index >= 15 is 0 Å². The molecule has 0 aliphatic heterocycles. The summed E-state index contributed by atoms with van der Waals surface area (Å²) in [7, 11) is 0. The first-order valence-electron chi connectivity index (χ1n) is 5.43. The maximum atomic E-state index is 3.72. The molecule has 0 saturated heterocycles. The van der Waals surface area contributed by atoms with Gasteiger partial charge < -0.3 is 0 Å². The number of hydrogen-bond acceptors (Lipinski definition) is 0. The third-order valence-electron chi connectivity index (χ3n) is 1.65. The maximum absolute atomic E-state index is 3.72. The largest absolute Gasteiger partial charge is 0.0985 e. The van der Waals surface area contributed by atoms with Crippen LogP contribution >= 0.6 is 0 Å². The quantitative estimate of drug-likeness (QED) is 0.587. The molecule has 14 heavy (non-hydrogen) atoms. The third kappa shape index (κ3) is 5.58. The summed E-state index contributed by atoms with van der Waals surface area (Å²) >= 11 is 0. The van der Waals surface area contributed by atoms with Crippen molar-refractivity contribution in [3.8, 4) is 0 Å². The van der Waals surface area contributed by atoms with Gasteiger partial charge in [0, 0.05) is 0 Å². The zero-order valence-electron chi connectivity index (χ0n) is 10.5. The summed E-state index contributed by atoms with van der Waals surface area (Å²) in [4.78, 5) is 0. The summed E-state index contributed by atoms with van der Waals surface area (Å²) in [5.74, 6) is 0. The molecule has 1 aromatic carbocycles. The standard InChI is InChI=1S/C10H12.2C2H6/c1-4-10-6-5-8(2)7-9(10)3;2*1-2/h4-7H,1H2,2-3H3;2*1-2H3. The van der Waals surface area contributed by atoms with E-state index in [1.54, 1.807) is 0 Å². The lowest BCUT2D eigenvalue weighted by Gasteiger charge is -1.99. The van der Waals surface area contributed by atoms with Gasteiger partial charge in [0.2, 0.25) is 0 Å². The Morgan fingerprint density at radius 2 is 1.50 bits per heavy atom. The van der Waals surface area contributed by atoms with Gasteiger partial charge in [0.15, 0.2) is 0 Å². The summed E-state index contributed by atoms with van der Waals surface area (Å²) in [6, 6.07) is 6.36. The highest BCUT2D eigenvalue weighted by Gasteiger charge is 1.91. The summed E-state index contributed by atoms with van der Waals surface area (Å²) in [5, 5.41) is 0. The molecule has 0 saturated carbocycles. The van der Waals surface area contributed by atoms with E-state index in [0.717, 1.165) is 0 Å². The van der Waals surface area contributed by atoms with E-state index < -0.39 is 0 Å². The lowest BCUT2D eigenvalue weighted by atomic mass is 10.1. The molecule has 0 heterocycles. The lowest BCUT2D eigenvalue weighted by molar-refractivity contribution is 1.37. The van der Waals surface area contributed by atoms with E-state index in [1.165, 1.54) is 16.7 Å². The van der Waals surface area contributed by atoms with Crippen molar-refractivity contribution < 1.29 is 0 Å². The van der Waals surface area contributed by atoms with Crippen molar-refractivity contribution in [2.45, 2.75) is 41.5 Å². The SMILES string of the molecule is C=Cc1ccc(C)cc1C.CC.CC. The summed E-state index contributed by atoms with van der Waals surface area (Å²) < 4.78 is 0. The van der Waals surface area contributed by atoms with E-state index in [1.807, 2.05) is 33.8 Å². The molecule has 0 spiro atoms. The van der Waals surface area contributed by atoms with Gasteiger partial charge >= 0.3 is 0 Å². The maximum Gasteiger partial charge on any atom is -0.0233 e. The van der Waals surface area contributed by atoms with Crippen molar-refractivity contribution in [1.82, 2.24) is 0 Å². The Hall–Kier alpha value is -1.04. The predicted molar refractivity (Wildman–Crippen MR) is 68.7 cm³/mol. The Kier molecular flexibility index (Phi) is 11.1. The second-order valence-corrected chi connectivity index (χ2v) is 2.56. The molecule has 1 aromatic rings. The van der Waals surface area contributed by atoms with Crippen LogP contribution in [0.2, 0.25) is 0 Å². The molecule has 0 unspecified atom stereocenters. The molecule has 0 aliphatic rings. The Labute approximate surface area is 89.7 Å². The lowest BCUT2D eigenvalue weighted by Crippen LogP contribution is -1.80. The molecule has 80 valence electrons. The minimum atomic E-state index is 1.23. The molecular weight excluding hydrogens is 168 g/mol. The molecule has 0 fully saturated rings. The zero-order valence-corrected chi connectivity index (χ0v) is 10.5. The van der Waals surface area contributed by atoms with E-state index in [0.29, 0.717) is 0 Å². The molecular formula is C14H24. The van der Waals surface area contributed by atoms with Gasteiger partial charge in [-0.1, -0.05) is 64.1 Å². The van der Waals surface area contributed by atoms with Gasteiger partial charge in [-0.2, -0.15) is 0 Å². The van der Waals surface area contributed by atoms with Crippen molar-refractivity contribution >= 4 is 6.08 Å². The summed E-state index contributed by atoms with van der Waals surface area (Å²) in [6.07, 6.45) is 1.88. The van der Waals surface area contributed by atoms with Gasteiger partial charge in [0.05, 0.1) is 0 Å². The molecule has 0 N–H and O–H groups in total. The fourth-order valence-electron chi connectivity index (χ4n) is 1.05. The van der Waals surface area contributed by atoms with Crippen LogP contribution in [0.1, 0.15) is 44.4 Å². The molecule has 0 bridgehead atoms. The Bertz CT molecular complexity index is 246. The molecule has 0 amide bonds. The van der Waals surface area contributed by atoms with Crippen LogP contribution in [0.25, 0.3) is 6.08 Å². The van der Waals surface area contributed by atoms with E-state index in [9.17, 15) is 0 Å². The first-order valence-corrected chi connectivity index (χ1v) is 5.43. The highest BCUT2D eigenvalue weighted by Crippen LogP contribution is 2.10. The fourth-order valence-corrected chi connectivity index (χ4v) is 1.05. The first kappa shape index (κ1) is 15.4. The molecule has 0 aromatic heterocycles. The summed E-state index contributed by atoms with van der Waals surface area (Å²) in [6.45, 7) is 15.9. The van der Waals surface area contributed by atoms with Crippen molar-refractivity contribution in [2.24, 2.45) is 0 Å². The van der Waals surface area contributed by atoms with Crippen LogP contribution in [0.15, 0.2) is 24.8 Å². The fraction of sp³-hybridized carbons (Fsp3) is 0.429. The van der Waals surface area contributed by atoms with Gasteiger partial charge in [-0.25, -0.2) is 0 Å². The predicted octanol–water partition coefficient (Wildman–Crippen LogP) is 5.00. The number of benzene rings is 1. The van der Waals surface area contributed by atoms with Crippen molar-refractivity contribution in [3.05, 3.63) is 41.5 Å². The normalized spacial score (nSPS) is 7.57. The Balaban J connectivity index is 0. The zero-order chi connectivity index (χ0) is 11.6. The van der Waals surface area contributed by atoms with Crippen LogP contribution in [0.5, 0.6) is 0 Å². The Morgan fingerprint density at radius 1 is 1.00 bits per heavy atom. The molecule has 0 atom stereocenters. The minimum Gasteiger partial charge on any atom is -0.0985 e. The highest BCUT2D eigenvalue weighted by molar-refractivity contribution is 5.52. The van der Waals surface area contributed by atoms with Crippen molar-refractivity contribution in [1.29, 1.82) is 0 Å². The number of aryl methyl sites for hydroxylation is 2. The van der Waals surface area contributed by atoms with Gasteiger partial charge in [0.25, 0.3) is 0 Å². The van der Waals surface area contributed by atoms with Crippen LogP contribution in [0.3, 0.4) is 0 Å². The summed E-state index contributed by atoms with van der Waals surface area (Å²) in [5.41, 5.74) is 3.84. The van der Waals surface area contributed by atoms with Crippen LogP contribution in [0, 0.1) is 13.8 Å². The van der Waals surface area contributed by atoms with Gasteiger partial charge in [-0.15, -0.1) is 0 Å². The van der Waals surface area contributed by atoms with E-state index in [-0.39, 0.29) is 0 Å². The number of hydrogen-bond donors (Lipinski definition) is 0. The highest BCUT2D eigenvalue weighted by atomic mass is 14.0. The smallest absolute Gasteiger partial charge is 0.0233 e. The number of rotatable bonds is 1. The van der Waals surface area contributed by atoms with Crippen molar-refractivity contribution in [3.63, 3.8) is 0 Å². The van der Waals surface area contributed by atoms with E-state index in [2.05, 4.69) is 38.6 Å². The van der Waals surface area contributed by atoms with Crippen LogP contribution in [-0.2, 0) is 0 Å². The molecule has 0 nitrogen and oxygen atoms in total. The second kappa shape index (κ2) is 10.0. The Morgan fingerprint density at radius 3 is 1.86 bits per heavy atom. The second-order valence-electron chi connectivity index (χ2n) is 2.56. The van der Waals surface area contributed by atoms with Gasteiger partial charge in [0.1, 0.15) is 0 Å². The topological polar surface area (TPSA) is 0 Å². The first-order chi connectivity index (χ1) is 6.74. The van der Waals surface area contributed by atoms with Gasteiger partial charge in [-0.3, -0.25) is 0 Å². The van der Waals surface area contributed by atoms with Crippen LogP contribution in [-0.4, -0.2) is 0 Å². The van der Waals surface area contributed by atoms with Crippen LogP contribution < -0.4 is 0 Å². The van der Waals surface area contributed by atoms with Crippen LogP contribution in [0.4, 0.5) is 0 Å². The van der Waals surface area contributed by atoms with Gasteiger partial charge in [-0.05, 0) is 25.0 Å². The monoisotopic (exact) mass is 192 g/mol. The molecule has 0 heteroatoms. The molecule has 0 radical (unpaired) electrons. The molecule has 0 aliphatic carbocycles. The third-order valence-corrected chi connectivity index (χ3v) is 1.65. The van der Waals surface area contributed by atoms with Crippen molar-refractivity contribution in [2.75, 3.05) is 0 Å².